The quantitative estimate of drug-likeness (QED) is 0.761. The summed E-state index contributed by atoms with van der Waals surface area (Å²) in [5.41, 5.74) is 5.01. The van der Waals surface area contributed by atoms with E-state index >= 15 is 0 Å². The van der Waals surface area contributed by atoms with Crippen LogP contribution in [0.2, 0.25) is 0 Å². The van der Waals surface area contributed by atoms with Gasteiger partial charge < -0.3 is 14.6 Å². The van der Waals surface area contributed by atoms with Crippen LogP contribution < -0.4 is 4.74 Å². The van der Waals surface area contributed by atoms with Crippen molar-refractivity contribution in [3.05, 3.63) is 65.1 Å². The van der Waals surface area contributed by atoms with E-state index in [0.717, 1.165) is 54.0 Å². The topological polar surface area (TPSA) is 58.2 Å². The Morgan fingerprint density at radius 1 is 1.22 bits per heavy atom. The van der Waals surface area contributed by atoms with Crippen LogP contribution in [-0.4, -0.2) is 41.0 Å². The van der Waals surface area contributed by atoms with Crippen LogP contribution in [0, 0.1) is 6.92 Å². The van der Waals surface area contributed by atoms with Crippen molar-refractivity contribution in [2.75, 3.05) is 20.2 Å². The number of benzene rings is 1. The Balaban J connectivity index is 1.49. The van der Waals surface area contributed by atoms with E-state index in [-0.39, 0.29) is 5.91 Å². The zero-order chi connectivity index (χ0) is 18.8. The molecule has 0 unspecified atom stereocenters. The van der Waals surface area contributed by atoms with Crippen molar-refractivity contribution >= 4 is 22.9 Å². The van der Waals surface area contributed by atoms with Gasteiger partial charge in [-0.15, -0.1) is 0 Å². The van der Waals surface area contributed by atoms with Crippen molar-refractivity contribution in [2.45, 2.75) is 19.8 Å². The number of aryl methyl sites for hydroxylation is 1. The lowest BCUT2D eigenvalue weighted by atomic mass is 10.0. The van der Waals surface area contributed by atoms with E-state index in [1.54, 1.807) is 13.3 Å². The van der Waals surface area contributed by atoms with Gasteiger partial charge in [0.2, 0.25) is 0 Å². The van der Waals surface area contributed by atoms with E-state index in [1.807, 2.05) is 48.2 Å². The molecule has 1 aliphatic heterocycles. The number of hydrogen-bond donors (Lipinski definition) is 1. The number of likely N-dealkylation sites (tertiary alicyclic amines) is 1. The van der Waals surface area contributed by atoms with Crippen LogP contribution in [-0.2, 0) is 0 Å². The molecule has 1 fully saturated rings. The van der Waals surface area contributed by atoms with Gasteiger partial charge in [-0.1, -0.05) is 11.6 Å². The summed E-state index contributed by atoms with van der Waals surface area (Å²) in [4.78, 5) is 22.7. The summed E-state index contributed by atoms with van der Waals surface area (Å²) in [5, 5.41) is 0.907. The SMILES string of the molecule is COc1ccc2[nH]cc(C(=O)N3CCC(=Cc4cccc(C)n4)CC3)c2c1. The summed E-state index contributed by atoms with van der Waals surface area (Å²) in [6.07, 6.45) is 5.72. The minimum atomic E-state index is 0.0715. The highest BCUT2D eigenvalue weighted by Crippen LogP contribution is 2.26. The Labute approximate surface area is 158 Å². The van der Waals surface area contributed by atoms with Gasteiger partial charge in [0.1, 0.15) is 5.75 Å². The van der Waals surface area contributed by atoms with Crippen LogP contribution in [0.5, 0.6) is 5.75 Å². The number of aromatic nitrogens is 2. The van der Waals surface area contributed by atoms with Crippen molar-refractivity contribution in [1.82, 2.24) is 14.9 Å². The highest BCUT2D eigenvalue weighted by Gasteiger charge is 2.23. The molecule has 2 aromatic heterocycles. The van der Waals surface area contributed by atoms with Gasteiger partial charge in [-0.05, 0) is 56.2 Å². The smallest absolute Gasteiger partial charge is 0.256 e. The second-order valence-electron chi connectivity index (χ2n) is 6.91. The van der Waals surface area contributed by atoms with E-state index < -0.39 is 0 Å². The first-order valence-electron chi connectivity index (χ1n) is 9.21. The molecule has 5 heteroatoms. The van der Waals surface area contributed by atoms with Crippen LogP contribution in [0.4, 0.5) is 0 Å². The fourth-order valence-electron chi connectivity index (χ4n) is 3.57. The number of nitrogens with zero attached hydrogens (tertiary/aromatic N) is 2. The van der Waals surface area contributed by atoms with Crippen LogP contribution in [0.25, 0.3) is 17.0 Å². The number of fused-ring (bicyclic) bond motifs is 1. The first-order valence-corrected chi connectivity index (χ1v) is 9.21. The van der Waals surface area contributed by atoms with Gasteiger partial charge in [0.15, 0.2) is 0 Å². The van der Waals surface area contributed by atoms with Gasteiger partial charge in [0.05, 0.1) is 18.4 Å². The second-order valence-corrected chi connectivity index (χ2v) is 6.91. The fourth-order valence-corrected chi connectivity index (χ4v) is 3.57. The summed E-state index contributed by atoms with van der Waals surface area (Å²) < 4.78 is 5.30. The Morgan fingerprint density at radius 2 is 2.04 bits per heavy atom. The maximum absolute atomic E-state index is 13.0. The summed E-state index contributed by atoms with van der Waals surface area (Å²) in [7, 11) is 1.64. The standard InChI is InChI=1S/C22H23N3O2/c1-15-4-3-5-17(24-15)12-16-8-10-25(11-9-16)22(26)20-14-23-21-7-6-18(27-2)13-19(20)21/h3-7,12-14,23H,8-11H2,1-2H3. The van der Waals surface area contributed by atoms with Crippen LogP contribution >= 0.6 is 0 Å². The predicted octanol–water partition coefficient (Wildman–Crippen LogP) is 4.20. The molecule has 0 radical (unpaired) electrons. The molecule has 1 aliphatic rings. The zero-order valence-corrected chi connectivity index (χ0v) is 15.7. The fraction of sp³-hybridized carbons (Fsp3) is 0.273. The van der Waals surface area contributed by atoms with Crippen LogP contribution in [0.3, 0.4) is 0 Å². The zero-order valence-electron chi connectivity index (χ0n) is 15.7. The monoisotopic (exact) mass is 361 g/mol. The molecule has 1 aromatic carbocycles. The lowest BCUT2D eigenvalue weighted by Crippen LogP contribution is -2.36. The molecular formula is C22H23N3O2. The van der Waals surface area contributed by atoms with E-state index in [1.165, 1.54) is 5.57 Å². The molecule has 5 nitrogen and oxygen atoms in total. The summed E-state index contributed by atoms with van der Waals surface area (Å²) >= 11 is 0. The molecule has 1 N–H and O–H groups in total. The van der Waals surface area contributed by atoms with E-state index in [4.69, 9.17) is 4.74 Å². The molecule has 3 aromatic rings. The van der Waals surface area contributed by atoms with Crippen molar-refractivity contribution in [3.8, 4) is 5.75 Å². The van der Waals surface area contributed by atoms with Crippen molar-refractivity contribution in [1.29, 1.82) is 0 Å². The first-order chi connectivity index (χ1) is 13.1. The first kappa shape index (κ1) is 17.3. The number of H-pyrrole nitrogens is 1. The van der Waals surface area contributed by atoms with Gasteiger partial charge in [-0.2, -0.15) is 0 Å². The van der Waals surface area contributed by atoms with Crippen LogP contribution in [0.15, 0.2) is 48.2 Å². The van der Waals surface area contributed by atoms with Crippen LogP contribution in [0.1, 0.15) is 34.6 Å². The number of rotatable bonds is 3. The number of piperidine rings is 1. The minimum Gasteiger partial charge on any atom is -0.497 e. The highest BCUT2D eigenvalue weighted by atomic mass is 16.5. The third-order valence-corrected chi connectivity index (χ3v) is 5.07. The Hall–Kier alpha value is -3.08. The molecule has 27 heavy (non-hydrogen) atoms. The molecule has 1 saturated heterocycles. The third-order valence-electron chi connectivity index (χ3n) is 5.07. The van der Waals surface area contributed by atoms with Crippen molar-refractivity contribution < 1.29 is 9.53 Å². The van der Waals surface area contributed by atoms with Gasteiger partial charge in [0, 0.05) is 35.9 Å². The molecule has 3 heterocycles. The summed E-state index contributed by atoms with van der Waals surface area (Å²) in [6, 6.07) is 11.8. The lowest BCUT2D eigenvalue weighted by Gasteiger charge is -2.28. The molecule has 1 amide bonds. The lowest BCUT2D eigenvalue weighted by molar-refractivity contribution is 0.0746. The van der Waals surface area contributed by atoms with Gasteiger partial charge >= 0.3 is 0 Å². The number of pyridine rings is 1. The van der Waals surface area contributed by atoms with E-state index in [0.29, 0.717) is 5.56 Å². The number of nitrogens with one attached hydrogen (secondary N) is 1. The molecule has 0 bridgehead atoms. The largest absolute Gasteiger partial charge is 0.497 e. The Bertz CT molecular complexity index is 1010. The molecule has 138 valence electrons. The van der Waals surface area contributed by atoms with Gasteiger partial charge in [0.25, 0.3) is 5.91 Å². The normalized spacial score (nSPS) is 14.4. The Kier molecular flexibility index (Phi) is 4.67. The predicted molar refractivity (Wildman–Crippen MR) is 107 cm³/mol. The number of methoxy groups -OCH3 is 1. The molecule has 0 aliphatic carbocycles. The minimum absolute atomic E-state index is 0.0715. The van der Waals surface area contributed by atoms with E-state index in [2.05, 4.69) is 16.0 Å². The number of carbonyl (C=O) groups is 1. The van der Waals surface area contributed by atoms with Crippen molar-refractivity contribution in [3.63, 3.8) is 0 Å². The number of aromatic amines is 1. The van der Waals surface area contributed by atoms with Gasteiger partial charge in [-0.25, -0.2) is 0 Å². The third kappa shape index (κ3) is 3.58. The van der Waals surface area contributed by atoms with E-state index in [9.17, 15) is 4.79 Å². The molecule has 0 atom stereocenters. The maximum atomic E-state index is 13.0. The molecule has 4 rings (SSSR count). The molecular weight excluding hydrogens is 338 g/mol. The number of amides is 1. The number of ether oxygens (including phenoxy) is 1. The number of carbonyl (C=O) groups excluding carboxylic acids is 1. The highest BCUT2D eigenvalue weighted by molar-refractivity contribution is 6.07. The average Bonchev–Trinajstić information content (AvgIpc) is 3.11. The Morgan fingerprint density at radius 3 is 2.78 bits per heavy atom. The second kappa shape index (κ2) is 7.27. The molecule has 0 spiro atoms. The summed E-state index contributed by atoms with van der Waals surface area (Å²) in [5.74, 6) is 0.827. The summed E-state index contributed by atoms with van der Waals surface area (Å²) in [6.45, 7) is 3.46. The van der Waals surface area contributed by atoms with Crippen molar-refractivity contribution in [2.24, 2.45) is 0 Å². The molecule has 0 saturated carbocycles. The number of hydrogen-bond acceptors (Lipinski definition) is 3. The maximum Gasteiger partial charge on any atom is 0.256 e. The average molecular weight is 361 g/mol. The van der Waals surface area contributed by atoms with Gasteiger partial charge in [-0.3, -0.25) is 9.78 Å².